The number of urea groups is 1. The van der Waals surface area contributed by atoms with Gasteiger partial charge in [0.1, 0.15) is 11.9 Å². The maximum atomic E-state index is 13.9. The fourth-order valence-electron chi connectivity index (χ4n) is 5.73. The minimum atomic E-state index is -1.08. The van der Waals surface area contributed by atoms with Crippen LogP contribution in [0.15, 0.2) is 36.4 Å². The lowest BCUT2D eigenvalue weighted by molar-refractivity contribution is -0.121. The third kappa shape index (κ3) is 7.27. The number of hydrogen-bond acceptors (Lipinski definition) is 6. The summed E-state index contributed by atoms with van der Waals surface area (Å²) < 4.78 is 31.1. The van der Waals surface area contributed by atoms with Crippen LogP contribution in [0.4, 0.5) is 14.9 Å². The van der Waals surface area contributed by atoms with E-state index in [-0.39, 0.29) is 30.9 Å². The number of halogens is 1. The average Bonchev–Trinajstić information content (AvgIpc) is 3.73. The summed E-state index contributed by atoms with van der Waals surface area (Å²) in [7, 11) is 3.21. The third-order valence-corrected chi connectivity index (χ3v) is 8.49. The molecule has 3 fully saturated rings. The van der Waals surface area contributed by atoms with Crippen molar-refractivity contribution < 1.29 is 28.2 Å². The molecule has 1 aliphatic carbocycles. The van der Waals surface area contributed by atoms with Crippen molar-refractivity contribution in [2.24, 2.45) is 5.92 Å². The van der Waals surface area contributed by atoms with E-state index in [0.717, 1.165) is 35.6 Å². The molecule has 5 rings (SSSR count). The predicted octanol–water partition coefficient (Wildman–Crippen LogP) is 4.46. The molecule has 3 amide bonds. The molecule has 0 unspecified atom stereocenters. The molecule has 2 aromatic rings. The van der Waals surface area contributed by atoms with Crippen molar-refractivity contribution >= 4 is 17.6 Å². The molecule has 3 atom stereocenters. The highest BCUT2D eigenvalue weighted by Gasteiger charge is 2.33. The van der Waals surface area contributed by atoms with E-state index in [1.807, 2.05) is 41.3 Å². The normalized spacial score (nSPS) is 22.3. The quantitative estimate of drug-likeness (QED) is 0.339. The lowest BCUT2D eigenvalue weighted by atomic mass is 10.0. The SMILES string of the molecule is COc1cc(CC(=O)N[C@H]2CNC[C@H]2F)ccc1CN1C(=O)N(c2ccc(OC)c(OCCCC3CC3)c2)CC[C@@H]1C. The number of ether oxygens (including phenoxy) is 3. The number of methoxy groups -OCH3 is 2. The Labute approximate surface area is 247 Å². The number of nitrogens with zero attached hydrogens (tertiary/aromatic N) is 2. The second kappa shape index (κ2) is 13.6. The Morgan fingerprint density at radius 2 is 1.86 bits per heavy atom. The van der Waals surface area contributed by atoms with Crippen molar-refractivity contribution in [1.82, 2.24) is 15.5 Å². The molecular formula is C32H43FN4O5. The number of alkyl halides is 1. The smallest absolute Gasteiger partial charge is 0.325 e. The maximum Gasteiger partial charge on any atom is 0.325 e. The minimum absolute atomic E-state index is 0.0361. The van der Waals surface area contributed by atoms with Crippen LogP contribution < -0.4 is 29.7 Å². The van der Waals surface area contributed by atoms with E-state index in [0.29, 0.717) is 43.5 Å². The van der Waals surface area contributed by atoms with Crippen molar-refractivity contribution in [1.29, 1.82) is 0 Å². The summed E-state index contributed by atoms with van der Waals surface area (Å²) in [5.74, 6) is 2.54. The molecule has 2 aliphatic heterocycles. The molecule has 0 radical (unpaired) electrons. The van der Waals surface area contributed by atoms with Gasteiger partial charge in [-0.05, 0) is 55.9 Å². The van der Waals surface area contributed by atoms with Crippen LogP contribution in [0.5, 0.6) is 17.2 Å². The van der Waals surface area contributed by atoms with E-state index >= 15 is 0 Å². The molecule has 2 heterocycles. The van der Waals surface area contributed by atoms with Crippen molar-refractivity contribution in [3.8, 4) is 17.2 Å². The van der Waals surface area contributed by atoms with Gasteiger partial charge in [0.25, 0.3) is 0 Å². The van der Waals surface area contributed by atoms with Crippen LogP contribution in [0, 0.1) is 5.92 Å². The lowest BCUT2D eigenvalue weighted by Crippen LogP contribution is -2.53. The first-order chi connectivity index (χ1) is 20.4. The second-order valence-corrected chi connectivity index (χ2v) is 11.6. The second-order valence-electron chi connectivity index (χ2n) is 11.6. The summed E-state index contributed by atoms with van der Waals surface area (Å²) in [5, 5.41) is 5.71. The van der Waals surface area contributed by atoms with Gasteiger partial charge in [0.2, 0.25) is 5.91 Å². The maximum absolute atomic E-state index is 13.9. The average molecular weight is 583 g/mol. The molecule has 0 aromatic heterocycles. The number of nitrogens with one attached hydrogen (secondary N) is 2. The van der Waals surface area contributed by atoms with E-state index in [9.17, 15) is 14.0 Å². The van der Waals surface area contributed by atoms with Gasteiger partial charge in [0.05, 0.1) is 39.8 Å². The Kier molecular flexibility index (Phi) is 9.72. The molecule has 10 heteroatoms. The standard InChI is InChI=1S/C32H43FN4O5/c1-21-12-13-36(25-10-11-28(40-2)30(17-25)42-14-4-5-22-6-7-22)32(39)37(21)20-24-9-8-23(15-29(24)41-3)16-31(38)35-27-19-34-18-26(27)33/h8-11,15,17,21-22,26-27,34H,4-7,12-14,16,18-20H2,1-3H3,(H,35,38)/t21-,26+,27-/m0/s1. The Bertz CT molecular complexity index is 1260. The fourth-order valence-corrected chi connectivity index (χ4v) is 5.73. The first kappa shape index (κ1) is 29.9. The first-order valence-electron chi connectivity index (χ1n) is 15.0. The van der Waals surface area contributed by atoms with E-state index in [2.05, 4.69) is 17.6 Å². The predicted molar refractivity (Wildman–Crippen MR) is 159 cm³/mol. The monoisotopic (exact) mass is 582 g/mol. The molecule has 42 heavy (non-hydrogen) atoms. The third-order valence-electron chi connectivity index (χ3n) is 8.49. The highest BCUT2D eigenvalue weighted by Crippen LogP contribution is 2.36. The summed E-state index contributed by atoms with van der Waals surface area (Å²) >= 11 is 0. The van der Waals surface area contributed by atoms with Gasteiger partial charge in [0, 0.05) is 43.0 Å². The molecular weight excluding hydrogens is 539 g/mol. The Morgan fingerprint density at radius 3 is 2.57 bits per heavy atom. The molecule has 2 N–H and O–H groups in total. The highest BCUT2D eigenvalue weighted by molar-refractivity contribution is 5.93. The van der Waals surface area contributed by atoms with E-state index in [4.69, 9.17) is 14.2 Å². The molecule has 0 bridgehead atoms. The van der Waals surface area contributed by atoms with Gasteiger partial charge in [-0.1, -0.05) is 25.0 Å². The number of amides is 3. The first-order valence-corrected chi connectivity index (χ1v) is 15.0. The minimum Gasteiger partial charge on any atom is -0.496 e. The fraction of sp³-hybridized carbons (Fsp3) is 0.562. The molecule has 3 aliphatic rings. The van der Waals surface area contributed by atoms with Crippen LogP contribution in [0.25, 0.3) is 0 Å². The molecule has 9 nitrogen and oxygen atoms in total. The van der Waals surface area contributed by atoms with Crippen LogP contribution in [-0.2, 0) is 17.8 Å². The Morgan fingerprint density at radius 1 is 1.05 bits per heavy atom. The number of benzene rings is 2. The molecule has 228 valence electrons. The summed E-state index contributed by atoms with van der Waals surface area (Å²) in [5.41, 5.74) is 2.38. The molecule has 1 saturated carbocycles. The summed E-state index contributed by atoms with van der Waals surface area (Å²) in [6, 6.07) is 10.7. The van der Waals surface area contributed by atoms with Gasteiger partial charge in [0.15, 0.2) is 11.5 Å². The molecule has 2 saturated heterocycles. The molecule has 2 aromatic carbocycles. The van der Waals surface area contributed by atoms with Crippen LogP contribution in [0.3, 0.4) is 0 Å². The van der Waals surface area contributed by atoms with E-state index in [1.54, 1.807) is 19.1 Å². The van der Waals surface area contributed by atoms with Crippen molar-refractivity contribution in [2.45, 2.75) is 70.2 Å². The van der Waals surface area contributed by atoms with Gasteiger partial charge in [-0.2, -0.15) is 0 Å². The number of anilines is 1. The summed E-state index contributed by atoms with van der Waals surface area (Å²) in [4.78, 5) is 30.0. The van der Waals surface area contributed by atoms with Gasteiger partial charge < -0.3 is 29.7 Å². The van der Waals surface area contributed by atoms with Gasteiger partial charge in [-0.3, -0.25) is 9.69 Å². The van der Waals surface area contributed by atoms with Gasteiger partial charge >= 0.3 is 6.03 Å². The zero-order valence-electron chi connectivity index (χ0n) is 24.9. The number of carbonyl (C=O) groups is 2. The van der Waals surface area contributed by atoms with Crippen LogP contribution >= 0.6 is 0 Å². The Hall–Kier alpha value is -3.53. The molecule has 0 spiro atoms. The van der Waals surface area contributed by atoms with Crippen LogP contribution in [0.1, 0.15) is 50.2 Å². The van der Waals surface area contributed by atoms with E-state index < -0.39 is 12.2 Å². The number of carbonyl (C=O) groups excluding carboxylic acids is 2. The zero-order chi connectivity index (χ0) is 29.6. The van der Waals surface area contributed by atoms with Crippen LogP contribution in [-0.4, -0.2) is 75.6 Å². The van der Waals surface area contributed by atoms with Crippen molar-refractivity contribution in [2.75, 3.05) is 45.4 Å². The van der Waals surface area contributed by atoms with Gasteiger partial charge in [-0.25, -0.2) is 9.18 Å². The zero-order valence-corrected chi connectivity index (χ0v) is 24.9. The highest BCUT2D eigenvalue weighted by atomic mass is 19.1. The van der Waals surface area contributed by atoms with E-state index in [1.165, 1.54) is 19.3 Å². The van der Waals surface area contributed by atoms with Crippen molar-refractivity contribution in [3.63, 3.8) is 0 Å². The van der Waals surface area contributed by atoms with Crippen molar-refractivity contribution in [3.05, 3.63) is 47.5 Å². The largest absolute Gasteiger partial charge is 0.496 e. The van der Waals surface area contributed by atoms with Crippen LogP contribution in [0.2, 0.25) is 0 Å². The number of rotatable bonds is 13. The van der Waals surface area contributed by atoms with Gasteiger partial charge in [-0.15, -0.1) is 0 Å². The summed E-state index contributed by atoms with van der Waals surface area (Å²) in [6.45, 7) is 4.33. The summed E-state index contributed by atoms with van der Waals surface area (Å²) in [6.07, 6.45) is 4.71. The Balaban J connectivity index is 1.25. The lowest BCUT2D eigenvalue weighted by Gasteiger charge is -2.40. The topological polar surface area (TPSA) is 92.4 Å². The number of hydrogen-bond donors (Lipinski definition) is 2.